The largest absolute Gasteiger partial charge is 0.347 e. The van der Waals surface area contributed by atoms with Gasteiger partial charge in [-0.2, -0.15) is 5.10 Å². The van der Waals surface area contributed by atoms with Crippen molar-refractivity contribution in [3.8, 4) is 0 Å². The van der Waals surface area contributed by atoms with Crippen molar-refractivity contribution in [2.75, 3.05) is 0 Å². The van der Waals surface area contributed by atoms with Crippen molar-refractivity contribution in [2.24, 2.45) is 0 Å². The number of fused-ring (bicyclic) bond motifs is 1. The molecule has 3 aliphatic carbocycles. The maximum atomic E-state index is 13.8. The van der Waals surface area contributed by atoms with Crippen LogP contribution in [0.25, 0.3) is 0 Å². The van der Waals surface area contributed by atoms with Gasteiger partial charge in [-0.3, -0.25) is 4.57 Å². The zero-order valence-electron chi connectivity index (χ0n) is 12.9. The zero-order valence-corrected chi connectivity index (χ0v) is 12.9. The Morgan fingerprint density at radius 2 is 2.00 bits per heavy atom. The van der Waals surface area contributed by atoms with E-state index in [-0.39, 0.29) is 17.5 Å². The van der Waals surface area contributed by atoms with Crippen molar-refractivity contribution in [1.29, 1.82) is 0 Å². The summed E-state index contributed by atoms with van der Waals surface area (Å²) in [5.41, 5.74) is 0.0133. The second-order valence-corrected chi connectivity index (χ2v) is 7.50. The van der Waals surface area contributed by atoms with Crippen LogP contribution in [0.5, 0.6) is 0 Å². The normalized spacial score (nSPS) is 34.0. The summed E-state index contributed by atoms with van der Waals surface area (Å²) in [6, 6.07) is 4.72. The van der Waals surface area contributed by atoms with Crippen LogP contribution in [0.2, 0.25) is 0 Å². The van der Waals surface area contributed by atoms with Gasteiger partial charge in [0.25, 0.3) is 0 Å². The molecular formula is C17H17F2N3O. The minimum absolute atomic E-state index is 0.174. The number of benzene rings is 1. The first-order valence-electron chi connectivity index (χ1n) is 8.06. The molecule has 1 aliphatic heterocycles. The lowest BCUT2D eigenvalue weighted by atomic mass is 9.47. The van der Waals surface area contributed by atoms with Crippen LogP contribution in [-0.4, -0.2) is 20.0 Å². The Hall–Kier alpha value is -1.98. The number of aryl methyl sites for hydroxylation is 2. The molecule has 3 saturated carbocycles. The summed E-state index contributed by atoms with van der Waals surface area (Å²) in [6.07, 6.45) is 2.65. The Morgan fingerprint density at radius 1 is 1.26 bits per heavy atom. The van der Waals surface area contributed by atoms with Crippen molar-refractivity contribution in [1.82, 2.24) is 14.3 Å². The van der Waals surface area contributed by atoms with E-state index < -0.39 is 11.2 Å². The van der Waals surface area contributed by atoms with Gasteiger partial charge in [0.05, 0.1) is 11.6 Å². The Labute approximate surface area is 131 Å². The molecule has 0 spiro atoms. The molecule has 0 N–H and O–H groups in total. The van der Waals surface area contributed by atoms with Crippen molar-refractivity contribution < 1.29 is 8.78 Å². The maximum Gasteiger partial charge on any atom is 0.347 e. The third kappa shape index (κ3) is 1.64. The van der Waals surface area contributed by atoms with Gasteiger partial charge >= 0.3 is 5.69 Å². The lowest BCUT2D eigenvalue weighted by Crippen LogP contribution is -2.72. The van der Waals surface area contributed by atoms with E-state index in [2.05, 4.69) is 5.10 Å². The third-order valence-electron chi connectivity index (χ3n) is 5.67. The molecule has 1 unspecified atom stereocenters. The van der Waals surface area contributed by atoms with Gasteiger partial charge in [0.15, 0.2) is 0 Å². The highest BCUT2D eigenvalue weighted by Crippen LogP contribution is 2.66. The van der Waals surface area contributed by atoms with Gasteiger partial charge < -0.3 is 0 Å². The van der Waals surface area contributed by atoms with Gasteiger partial charge in [0.2, 0.25) is 0 Å². The SMILES string of the molecule is Cc1cc(F)cc(C2CCc3nn(C45CC(F)(C4)C5)c(=O)n32)c1. The van der Waals surface area contributed by atoms with Crippen molar-refractivity contribution in [3.05, 3.63) is 51.5 Å². The van der Waals surface area contributed by atoms with Crippen LogP contribution in [0.1, 0.15) is 48.7 Å². The standard InChI is InChI=1S/C17H17F2N3O/c1-10-4-11(6-12(18)5-10)13-2-3-14-20-22(15(23)21(13)14)17-7-16(19,8-17)9-17/h4-6,13H,2-3,7-9H2,1H3. The number of halogens is 2. The van der Waals surface area contributed by atoms with E-state index >= 15 is 0 Å². The van der Waals surface area contributed by atoms with Gasteiger partial charge in [-0.05, 0) is 36.6 Å². The number of hydrogen-bond acceptors (Lipinski definition) is 2. The molecule has 2 bridgehead atoms. The maximum absolute atomic E-state index is 13.8. The molecule has 120 valence electrons. The molecule has 23 heavy (non-hydrogen) atoms. The lowest BCUT2D eigenvalue weighted by molar-refractivity contribution is -0.205. The summed E-state index contributed by atoms with van der Waals surface area (Å²) in [6.45, 7) is 1.84. The molecule has 0 amide bonds. The molecule has 0 saturated heterocycles. The molecule has 0 radical (unpaired) electrons. The molecule has 2 heterocycles. The first-order valence-corrected chi connectivity index (χ1v) is 8.06. The Morgan fingerprint density at radius 3 is 2.65 bits per heavy atom. The highest BCUT2D eigenvalue weighted by atomic mass is 19.1. The average molecular weight is 317 g/mol. The fraction of sp³-hybridized carbons (Fsp3) is 0.529. The lowest BCUT2D eigenvalue weighted by Gasteiger charge is -2.64. The monoisotopic (exact) mass is 317 g/mol. The van der Waals surface area contributed by atoms with E-state index in [1.165, 1.54) is 16.8 Å². The summed E-state index contributed by atoms with van der Waals surface area (Å²) in [5, 5.41) is 4.48. The summed E-state index contributed by atoms with van der Waals surface area (Å²) in [4.78, 5) is 12.8. The molecule has 4 nitrogen and oxygen atoms in total. The van der Waals surface area contributed by atoms with E-state index in [0.29, 0.717) is 25.7 Å². The number of alkyl halides is 1. The molecule has 1 atom stereocenters. The minimum atomic E-state index is -1.06. The van der Waals surface area contributed by atoms with Crippen molar-refractivity contribution in [3.63, 3.8) is 0 Å². The number of hydrogen-bond donors (Lipinski definition) is 0. The van der Waals surface area contributed by atoms with Crippen LogP contribution >= 0.6 is 0 Å². The summed E-state index contributed by atoms with van der Waals surface area (Å²) in [5.74, 6) is 0.451. The van der Waals surface area contributed by atoms with Gasteiger partial charge in [0, 0.05) is 25.7 Å². The van der Waals surface area contributed by atoms with Gasteiger partial charge in [-0.15, -0.1) is 0 Å². The van der Waals surface area contributed by atoms with E-state index in [9.17, 15) is 13.6 Å². The van der Waals surface area contributed by atoms with E-state index in [4.69, 9.17) is 0 Å². The number of aromatic nitrogens is 3. The van der Waals surface area contributed by atoms with Crippen LogP contribution in [0.4, 0.5) is 8.78 Å². The molecule has 1 aromatic heterocycles. The summed E-state index contributed by atoms with van der Waals surface area (Å²) >= 11 is 0. The predicted octanol–water partition coefficient (Wildman–Crippen LogP) is 2.63. The second-order valence-electron chi connectivity index (χ2n) is 7.50. The molecule has 2 aromatic rings. The molecule has 3 fully saturated rings. The zero-order chi connectivity index (χ0) is 16.0. The topological polar surface area (TPSA) is 39.8 Å². The van der Waals surface area contributed by atoms with Crippen LogP contribution < -0.4 is 5.69 Å². The van der Waals surface area contributed by atoms with Crippen molar-refractivity contribution >= 4 is 0 Å². The Kier molecular flexibility index (Phi) is 2.29. The first kappa shape index (κ1) is 13.5. The van der Waals surface area contributed by atoms with Gasteiger partial charge in [0.1, 0.15) is 17.3 Å². The first-order chi connectivity index (χ1) is 10.9. The second kappa shape index (κ2) is 3.91. The Balaban J connectivity index is 1.58. The molecule has 1 aromatic carbocycles. The molecule has 6 rings (SSSR count). The molecular weight excluding hydrogens is 300 g/mol. The van der Waals surface area contributed by atoms with E-state index in [1.54, 1.807) is 4.57 Å². The fourth-order valence-corrected chi connectivity index (χ4v) is 4.72. The number of nitrogens with zero attached hydrogens (tertiary/aromatic N) is 3. The fourth-order valence-electron chi connectivity index (χ4n) is 4.72. The van der Waals surface area contributed by atoms with E-state index in [1.807, 2.05) is 13.0 Å². The summed E-state index contributed by atoms with van der Waals surface area (Å²) in [7, 11) is 0. The average Bonchev–Trinajstić information content (AvgIpc) is 2.94. The quantitative estimate of drug-likeness (QED) is 0.854. The summed E-state index contributed by atoms with van der Waals surface area (Å²) < 4.78 is 30.7. The van der Waals surface area contributed by atoms with Gasteiger partial charge in [-0.1, -0.05) is 6.07 Å². The molecule has 4 aliphatic rings. The van der Waals surface area contributed by atoms with Gasteiger partial charge in [-0.25, -0.2) is 18.3 Å². The van der Waals surface area contributed by atoms with Crippen LogP contribution in [0.3, 0.4) is 0 Å². The Bertz CT molecular complexity index is 858. The van der Waals surface area contributed by atoms with E-state index in [0.717, 1.165) is 23.4 Å². The molecule has 6 heteroatoms. The van der Waals surface area contributed by atoms with Crippen LogP contribution in [0, 0.1) is 12.7 Å². The van der Waals surface area contributed by atoms with Crippen LogP contribution in [0.15, 0.2) is 23.0 Å². The number of rotatable bonds is 2. The highest BCUT2D eigenvalue weighted by molar-refractivity contribution is 5.29. The smallest absolute Gasteiger partial charge is 0.271 e. The predicted molar refractivity (Wildman–Crippen MR) is 79.7 cm³/mol. The highest BCUT2D eigenvalue weighted by Gasteiger charge is 2.71. The third-order valence-corrected chi connectivity index (χ3v) is 5.67. The minimum Gasteiger partial charge on any atom is -0.271 e. The van der Waals surface area contributed by atoms with Crippen LogP contribution in [-0.2, 0) is 12.0 Å². The van der Waals surface area contributed by atoms with Crippen molar-refractivity contribution in [2.45, 2.75) is 56.3 Å².